The molecule has 0 aliphatic heterocycles. The van der Waals surface area contributed by atoms with Crippen LogP contribution in [0.4, 0.5) is 0 Å². The number of carboxylic acid groups (broad SMARTS) is 4. The fourth-order valence-corrected chi connectivity index (χ4v) is 3.98. The van der Waals surface area contributed by atoms with Crippen molar-refractivity contribution < 1.29 is 54.0 Å². The lowest BCUT2D eigenvalue weighted by molar-refractivity contribution is -0.143. The lowest BCUT2D eigenvalue weighted by Gasteiger charge is -2.28. The molecule has 43 heavy (non-hydrogen) atoms. The predicted molar refractivity (Wildman–Crippen MR) is 153 cm³/mol. The first kappa shape index (κ1) is 39.6. The molecule has 17 nitrogen and oxygen atoms in total. The van der Waals surface area contributed by atoms with Crippen molar-refractivity contribution in [1.82, 2.24) is 25.5 Å². The molecule has 248 valence electrons. The largest absolute Gasteiger partial charge is 0.480 e. The molecule has 0 unspecified atom stereocenters. The quantitative estimate of drug-likeness (QED) is 0.0400. The highest BCUT2D eigenvalue weighted by atomic mass is 16.6. The lowest BCUT2D eigenvalue weighted by atomic mass is 10.0. The van der Waals surface area contributed by atoms with Gasteiger partial charge in [-0.1, -0.05) is 26.7 Å². The van der Waals surface area contributed by atoms with Gasteiger partial charge in [0, 0.05) is 32.7 Å². The Hall–Kier alpha value is -3.38. The number of nitrogens with one attached hydrogen (secondary N) is 2. The first-order chi connectivity index (χ1) is 20.2. The first-order valence-electron chi connectivity index (χ1n) is 14.2. The fourth-order valence-electron chi connectivity index (χ4n) is 3.98. The van der Waals surface area contributed by atoms with Crippen LogP contribution in [-0.2, 0) is 33.6 Å². The maximum atomic E-state index is 12.6. The van der Waals surface area contributed by atoms with Gasteiger partial charge in [-0.25, -0.2) is 5.48 Å². The van der Waals surface area contributed by atoms with Crippen molar-refractivity contribution in [2.24, 2.45) is 11.7 Å². The Morgan fingerprint density at radius 3 is 1.56 bits per heavy atom. The lowest BCUT2D eigenvalue weighted by Crippen LogP contribution is -2.47. The zero-order valence-corrected chi connectivity index (χ0v) is 25.0. The van der Waals surface area contributed by atoms with E-state index in [4.69, 9.17) is 31.0 Å². The minimum atomic E-state index is -1.22. The van der Waals surface area contributed by atoms with Crippen LogP contribution in [0, 0.1) is 5.92 Å². The average molecular weight is 621 g/mol. The number of carbonyl (C=O) groups excluding carboxylic acids is 2. The molecule has 8 N–H and O–H groups in total. The third-order valence-corrected chi connectivity index (χ3v) is 6.00. The number of rotatable bonds is 27. The Morgan fingerprint density at radius 1 is 0.674 bits per heavy atom. The van der Waals surface area contributed by atoms with E-state index in [0.29, 0.717) is 38.3 Å². The van der Waals surface area contributed by atoms with Gasteiger partial charge in [-0.15, -0.1) is 0 Å². The van der Waals surface area contributed by atoms with E-state index >= 15 is 0 Å². The molecule has 0 aromatic carbocycles. The van der Waals surface area contributed by atoms with Crippen LogP contribution in [-0.4, -0.2) is 149 Å². The highest BCUT2D eigenvalue weighted by Crippen LogP contribution is 2.03. The molecule has 0 aliphatic rings. The summed E-state index contributed by atoms with van der Waals surface area (Å²) in [6.07, 6.45) is 3.50. The van der Waals surface area contributed by atoms with E-state index in [1.54, 1.807) is 4.90 Å². The minimum absolute atomic E-state index is 0.00404. The van der Waals surface area contributed by atoms with Crippen molar-refractivity contribution in [3.05, 3.63) is 0 Å². The zero-order chi connectivity index (χ0) is 32.8. The van der Waals surface area contributed by atoms with Crippen molar-refractivity contribution in [2.75, 3.05) is 72.1 Å². The van der Waals surface area contributed by atoms with E-state index in [1.165, 1.54) is 9.80 Å². The van der Waals surface area contributed by atoms with E-state index < -0.39 is 56.1 Å². The van der Waals surface area contributed by atoms with Gasteiger partial charge in [0.25, 0.3) is 5.91 Å². The standard InChI is InChI=1S/C26H48N6O11/c1-19(2)13-20(27)26(42)29-43-12-6-4-3-5-7-28-21(33)14-30(8-10-31(15-22(34)35)16-23(36)37)9-11-32(17-24(38)39)18-25(40)41/h19-20H,3-18,27H2,1-2H3,(H,28,33)(H,29,42)(H,34,35)(H,36,37)(H,38,39)(H,40,41)/t20-/m1/s1. The van der Waals surface area contributed by atoms with Gasteiger partial charge in [0.05, 0.1) is 45.4 Å². The van der Waals surface area contributed by atoms with Gasteiger partial charge in [-0.05, 0) is 25.2 Å². The molecule has 2 amide bonds. The molecular formula is C26H48N6O11. The number of nitrogens with zero attached hydrogens (tertiary/aromatic N) is 3. The Morgan fingerprint density at radius 2 is 1.12 bits per heavy atom. The molecule has 0 spiro atoms. The number of carbonyl (C=O) groups is 6. The number of aliphatic carboxylic acids is 4. The van der Waals surface area contributed by atoms with Crippen molar-refractivity contribution in [3.63, 3.8) is 0 Å². The summed E-state index contributed by atoms with van der Waals surface area (Å²) in [4.78, 5) is 77.9. The summed E-state index contributed by atoms with van der Waals surface area (Å²) in [5, 5.41) is 39.0. The van der Waals surface area contributed by atoms with E-state index in [0.717, 1.165) is 12.8 Å². The Balaban J connectivity index is 4.70. The van der Waals surface area contributed by atoms with Gasteiger partial charge in [0.15, 0.2) is 0 Å². The Kier molecular flexibility index (Phi) is 21.3. The number of amides is 2. The van der Waals surface area contributed by atoms with Crippen molar-refractivity contribution in [1.29, 1.82) is 0 Å². The maximum absolute atomic E-state index is 12.6. The van der Waals surface area contributed by atoms with Crippen molar-refractivity contribution >= 4 is 35.7 Å². The second kappa shape index (κ2) is 23.1. The minimum Gasteiger partial charge on any atom is -0.480 e. The molecule has 0 bridgehead atoms. The molecule has 0 aliphatic carbocycles. The van der Waals surface area contributed by atoms with Gasteiger partial charge >= 0.3 is 23.9 Å². The van der Waals surface area contributed by atoms with Gasteiger partial charge in [0.1, 0.15) is 0 Å². The number of hydrogen-bond acceptors (Lipinski definition) is 11. The summed E-state index contributed by atoms with van der Waals surface area (Å²) < 4.78 is 0. The van der Waals surface area contributed by atoms with Crippen LogP contribution >= 0.6 is 0 Å². The smallest absolute Gasteiger partial charge is 0.317 e. The predicted octanol–water partition coefficient (Wildman–Crippen LogP) is -1.67. The fraction of sp³-hybridized carbons (Fsp3) is 0.769. The second-order valence-corrected chi connectivity index (χ2v) is 10.6. The van der Waals surface area contributed by atoms with Gasteiger partial charge < -0.3 is 31.5 Å². The van der Waals surface area contributed by atoms with E-state index in [9.17, 15) is 28.8 Å². The van der Waals surface area contributed by atoms with E-state index in [1.807, 2.05) is 13.8 Å². The van der Waals surface area contributed by atoms with Crippen LogP contribution in [0.1, 0.15) is 46.0 Å². The van der Waals surface area contributed by atoms with Crippen LogP contribution in [0.25, 0.3) is 0 Å². The second-order valence-electron chi connectivity index (χ2n) is 10.6. The van der Waals surface area contributed by atoms with Crippen LogP contribution in [0.3, 0.4) is 0 Å². The normalized spacial score (nSPS) is 12.1. The summed E-state index contributed by atoms with van der Waals surface area (Å²) >= 11 is 0. The molecule has 1 atom stereocenters. The summed E-state index contributed by atoms with van der Waals surface area (Å²) in [5.41, 5.74) is 8.12. The first-order valence-corrected chi connectivity index (χ1v) is 14.2. The number of hydrogen-bond donors (Lipinski definition) is 7. The van der Waals surface area contributed by atoms with Crippen LogP contribution in [0.2, 0.25) is 0 Å². The summed E-state index contributed by atoms with van der Waals surface area (Å²) in [5.74, 6) is -5.30. The molecular weight excluding hydrogens is 572 g/mol. The number of hydroxylamine groups is 1. The molecule has 0 rings (SSSR count). The van der Waals surface area contributed by atoms with Crippen molar-refractivity contribution in [2.45, 2.75) is 52.0 Å². The number of nitrogens with two attached hydrogens (primary N) is 1. The maximum Gasteiger partial charge on any atom is 0.317 e. The Bertz CT molecular complexity index is 818. The summed E-state index contributed by atoms with van der Waals surface area (Å²) in [7, 11) is 0. The number of carboxylic acids is 4. The van der Waals surface area contributed by atoms with Gasteiger partial charge in [0.2, 0.25) is 5.91 Å². The summed E-state index contributed by atoms with van der Waals surface area (Å²) in [6, 6.07) is -0.624. The molecule has 0 aromatic rings. The van der Waals surface area contributed by atoms with Gasteiger partial charge in [-0.2, -0.15) is 0 Å². The molecule has 0 aromatic heterocycles. The molecule has 0 heterocycles. The highest BCUT2D eigenvalue weighted by Gasteiger charge is 2.19. The topological polar surface area (TPSA) is 252 Å². The third-order valence-electron chi connectivity index (χ3n) is 6.00. The molecule has 0 radical (unpaired) electrons. The summed E-state index contributed by atoms with van der Waals surface area (Å²) in [6.45, 7) is 2.54. The van der Waals surface area contributed by atoms with Gasteiger partial charge in [-0.3, -0.25) is 48.3 Å². The average Bonchev–Trinajstić information content (AvgIpc) is 2.87. The van der Waals surface area contributed by atoms with Crippen molar-refractivity contribution in [3.8, 4) is 0 Å². The SMILES string of the molecule is CC(C)C[C@@H](N)C(=O)NOCCCCCCNC(=O)CN(CCN(CC(=O)O)CC(=O)O)CCN(CC(=O)O)CC(=O)O. The Labute approximate surface area is 251 Å². The molecule has 0 saturated heterocycles. The highest BCUT2D eigenvalue weighted by molar-refractivity contribution is 5.80. The van der Waals surface area contributed by atoms with E-state index in [2.05, 4.69) is 10.8 Å². The van der Waals surface area contributed by atoms with Crippen LogP contribution < -0.4 is 16.5 Å². The molecule has 17 heteroatoms. The van der Waals surface area contributed by atoms with Crippen LogP contribution in [0.5, 0.6) is 0 Å². The monoisotopic (exact) mass is 620 g/mol. The third kappa shape index (κ3) is 23.8. The zero-order valence-electron chi connectivity index (χ0n) is 25.0. The van der Waals surface area contributed by atoms with Crippen LogP contribution in [0.15, 0.2) is 0 Å². The molecule has 0 fully saturated rings. The number of unbranched alkanes of at least 4 members (excludes halogenated alkanes) is 3. The molecule has 0 saturated carbocycles. The van der Waals surface area contributed by atoms with E-state index in [-0.39, 0.29) is 44.5 Å².